The van der Waals surface area contributed by atoms with Crippen molar-refractivity contribution in [3.8, 4) is 11.5 Å². The molecule has 3 aromatic rings. The van der Waals surface area contributed by atoms with Gasteiger partial charge in [0.1, 0.15) is 17.2 Å². The van der Waals surface area contributed by atoms with Gasteiger partial charge in [-0.05, 0) is 43.2 Å². The zero-order chi connectivity index (χ0) is 26.9. The van der Waals surface area contributed by atoms with E-state index >= 15 is 0 Å². The largest absolute Gasteiger partial charge is 0.496 e. The number of carbonyl (C=O) groups is 2. The quantitative estimate of drug-likeness (QED) is 0.205. The Morgan fingerprint density at radius 1 is 1.16 bits per heavy atom. The van der Waals surface area contributed by atoms with Gasteiger partial charge in [-0.25, -0.2) is 0 Å². The molecule has 0 aliphatic carbocycles. The number of rotatable bonds is 12. The third kappa shape index (κ3) is 7.43. The minimum atomic E-state index is -0.708. The van der Waals surface area contributed by atoms with Crippen LogP contribution in [0.5, 0.6) is 11.5 Å². The summed E-state index contributed by atoms with van der Waals surface area (Å²) < 4.78 is 12.3. The summed E-state index contributed by atoms with van der Waals surface area (Å²) in [6.45, 7) is 3.84. The smallest absolute Gasteiger partial charge is 0.296 e. The van der Waals surface area contributed by atoms with E-state index in [0.717, 1.165) is 18.2 Å². The van der Waals surface area contributed by atoms with Crippen molar-refractivity contribution in [3.63, 3.8) is 0 Å². The van der Waals surface area contributed by atoms with Gasteiger partial charge in [0.25, 0.3) is 11.6 Å². The van der Waals surface area contributed by atoms with Gasteiger partial charge in [-0.15, -0.1) is 10.2 Å². The minimum Gasteiger partial charge on any atom is -0.496 e. The summed E-state index contributed by atoms with van der Waals surface area (Å²) in [6.07, 6.45) is 0.213. The summed E-state index contributed by atoms with van der Waals surface area (Å²) in [5.74, 6) is 0.594. The van der Waals surface area contributed by atoms with Gasteiger partial charge in [0.05, 0.1) is 30.4 Å². The summed E-state index contributed by atoms with van der Waals surface area (Å²) in [5.41, 5.74) is 0.973. The highest BCUT2D eigenvalue weighted by Crippen LogP contribution is 2.29. The fourth-order valence-electron chi connectivity index (χ4n) is 3.21. The molecule has 13 heteroatoms. The number of nitrogens with zero attached hydrogens (tertiary/aromatic N) is 4. The number of hydrogen-bond acceptors (Lipinski definition) is 9. The van der Waals surface area contributed by atoms with Crippen molar-refractivity contribution in [1.29, 1.82) is 0 Å². The lowest BCUT2D eigenvalue weighted by Gasteiger charge is -2.15. The second kappa shape index (κ2) is 12.7. The number of amides is 2. The van der Waals surface area contributed by atoms with Crippen molar-refractivity contribution >= 4 is 35.0 Å². The number of nitro groups is 1. The second-order valence-electron chi connectivity index (χ2n) is 7.91. The fourth-order valence-corrected chi connectivity index (χ4v) is 3.94. The Morgan fingerprint density at radius 2 is 1.86 bits per heavy atom. The molecule has 1 aromatic heterocycles. The minimum absolute atomic E-state index is 0.0524. The molecule has 12 nitrogen and oxygen atoms in total. The number of benzene rings is 2. The summed E-state index contributed by atoms with van der Waals surface area (Å²) in [5, 5.41) is 25.2. The lowest BCUT2D eigenvalue weighted by molar-refractivity contribution is -0.384. The van der Waals surface area contributed by atoms with Crippen molar-refractivity contribution in [1.82, 2.24) is 20.1 Å². The maximum Gasteiger partial charge on any atom is 0.296 e. The van der Waals surface area contributed by atoms with Gasteiger partial charge < -0.3 is 24.7 Å². The van der Waals surface area contributed by atoms with Crippen LogP contribution in [0.25, 0.3) is 0 Å². The van der Waals surface area contributed by atoms with E-state index < -0.39 is 16.9 Å². The van der Waals surface area contributed by atoms with E-state index in [1.54, 1.807) is 18.5 Å². The molecule has 0 saturated heterocycles. The van der Waals surface area contributed by atoms with Crippen LogP contribution >= 0.6 is 11.8 Å². The second-order valence-corrected chi connectivity index (χ2v) is 8.85. The van der Waals surface area contributed by atoms with Crippen LogP contribution in [0.4, 0.5) is 11.4 Å². The Labute approximate surface area is 217 Å². The van der Waals surface area contributed by atoms with E-state index in [0.29, 0.717) is 22.5 Å². The molecule has 2 aromatic carbocycles. The summed E-state index contributed by atoms with van der Waals surface area (Å²) in [7, 11) is 3.11. The van der Waals surface area contributed by atoms with Crippen LogP contribution in [0.2, 0.25) is 0 Å². The first kappa shape index (κ1) is 27.5. The van der Waals surface area contributed by atoms with Gasteiger partial charge in [-0.2, -0.15) is 0 Å². The number of methoxy groups -OCH3 is 1. The number of aryl methyl sites for hydroxylation is 1. The third-order valence-electron chi connectivity index (χ3n) is 5.37. The van der Waals surface area contributed by atoms with E-state index in [9.17, 15) is 19.7 Å². The topological polar surface area (TPSA) is 151 Å². The molecule has 0 aliphatic rings. The van der Waals surface area contributed by atoms with Crippen molar-refractivity contribution in [2.75, 3.05) is 18.2 Å². The highest BCUT2D eigenvalue weighted by Gasteiger charge is 2.19. The van der Waals surface area contributed by atoms with Crippen LogP contribution in [-0.2, 0) is 29.6 Å². The highest BCUT2D eigenvalue weighted by molar-refractivity contribution is 7.99. The predicted octanol–water partition coefficient (Wildman–Crippen LogP) is 3.11. The van der Waals surface area contributed by atoms with Gasteiger partial charge in [0.15, 0.2) is 17.1 Å². The molecule has 0 fully saturated rings. The zero-order valence-corrected chi connectivity index (χ0v) is 21.7. The number of carbonyl (C=O) groups excluding carboxylic acids is 2. The maximum absolute atomic E-state index is 12.5. The Bertz CT molecular complexity index is 1260. The monoisotopic (exact) mass is 528 g/mol. The van der Waals surface area contributed by atoms with Gasteiger partial charge in [-0.1, -0.05) is 30.8 Å². The van der Waals surface area contributed by atoms with Crippen molar-refractivity contribution in [2.24, 2.45) is 7.05 Å². The number of hydrogen-bond donors (Lipinski definition) is 2. The van der Waals surface area contributed by atoms with Crippen molar-refractivity contribution in [2.45, 2.75) is 38.1 Å². The van der Waals surface area contributed by atoms with Crippen molar-refractivity contribution in [3.05, 3.63) is 64.0 Å². The van der Waals surface area contributed by atoms with Gasteiger partial charge in [-0.3, -0.25) is 19.7 Å². The van der Waals surface area contributed by atoms with E-state index in [2.05, 4.69) is 27.8 Å². The number of anilines is 1. The first-order valence-corrected chi connectivity index (χ1v) is 12.4. The predicted molar refractivity (Wildman–Crippen MR) is 138 cm³/mol. The van der Waals surface area contributed by atoms with E-state index in [1.165, 1.54) is 30.9 Å². The molecular formula is C24H28N6O6S. The molecule has 1 atom stereocenters. The molecule has 3 rings (SSSR count). The van der Waals surface area contributed by atoms with E-state index in [-0.39, 0.29) is 29.6 Å². The number of nitro benzene ring substituents is 1. The summed E-state index contributed by atoms with van der Waals surface area (Å²) in [4.78, 5) is 35.6. The van der Waals surface area contributed by atoms with Crippen LogP contribution in [0, 0.1) is 10.1 Å². The molecule has 0 aliphatic heterocycles. The number of aromatic nitrogens is 3. The van der Waals surface area contributed by atoms with Gasteiger partial charge in [0, 0.05) is 7.05 Å². The van der Waals surface area contributed by atoms with Crippen LogP contribution in [0.1, 0.15) is 25.2 Å². The first-order chi connectivity index (χ1) is 17.7. The lowest BCUT2D eigenvalue weighted by Crippen LogP contribution is -2.36. The Hall–Kier alpha value is -4.13. The molecule has 0 saturated carbocycles. The average molecular weight is 529 g/mol. The van der Waals surface area contributed by atoms with Crippen LogP contribution < -0.4 is 20.1 Å². The number of thioether (sulfide) groups is 1. The van der Waals surface area contributed by atoms with Crippen LogP contribution in [0.3, 0.4) is 0 Å². The standard InChI is InChI=1S/C24H28N6O6S/c1-5-16-6-8-17(9-7-16)36-15(2)23(32)25-13-21-27-28-24(29(21)3)37-14-22(31)26-19-11-10-18(35-4)12-20(19)30(33)34/h6-12,15H,5,13-14H2,1-4H3,(H,25,32)(H,26,31)/t15-/m1/s1. The lowest BCUT2D eigenvalue weighted by atomic mass is 10.2. The number of ether oxygens (including phenoxy) is 2. The molecular weight excluding hydrogens is 500 g/mol. The Kier molecular flexibility index (Phi) is 9.44. The molecule has 2 N–H and O–H groups in total. The van der Waals surface area contributed by atoms with Crippen LogP contribution in [-0.4, -0.2) is 50.5 Å². The van der Waals surface area contributed by atoms with E-state index in [4.69, 9.17) is 9.47 Å². The summed E-state index contributed by atoms with van der Waals surface area (Å²) >= 11 is 1.11. The first-order valence-electron chi connectivity index (χ1n) is 11.4. The molecule has 2 amide bonds. The highest BCUT2D eigenvalue weighted by atomic mass is 32.2. The van der Waals surface area contributed by atoms with Crippen LogP contribution in [0.15, 0.2) is 47.6 Å². The Morgan fingerprint density at radius 3 is 2.51 bits per heavy atom. The Balaban J connectivity index is 1.50. The fraction of sp³-hybridized carbons (Fsp3) is 0.333. The van der Waals surface area contributed by atoms with Crippen molar-refractivity contribution < 1.29 is 24.0 Å². The zero-order valence-electron chi connectivity index (χ0n) is 20.9. The molecule has 0 spiro atoms. The van der Waals surface area contributed by atoms with Gasteiger partial charge in [0.2, 0.25) is 5.91 Å². The normalized spacial score (nSPS) is 11.5. The SMILES string of the molecule is CCc1ccc(O[C@H](C)C(=O)NCc2nnc(SCC(=O)Nc3ccc(OC)cc3[N+](=O)[O-])n2C)cc1. The average Bonchev–Trinajstić information content (AvgIpc) is 3.25. The maximum atomic E-state index is 12.5. The van der Waals surface area contributed by atoms with E-state index in [1.807, 2.05) is 24.3 Å². The molecule has 0 bridgehead atoms. The summed E-state index contributed by atoms with van der Waals surface area (Å²) in [6, 6.07) is 11.7. The molecule has 196 valence electrons. The molecule has 1 heterocycles. The molecule has 0 unspecified atom stereocenters. The van der Waals surface area contributed by atoms with Gasteiger partial charge >= 0.3 is 0 Å². The molecule has 37 heavy (non-hydrogen) atoms. The molecule has 0 radical (unpaired) electrons. The third-order valence-corrected chi connectivity index (χ3v) is 6.39. The number of nitrogens with one attached hydrogen (secondary N) is 2.